The van der Waals surface area contributed by atoms with Gasteiger partial charge in [-0.15, -0.1) is 0 Å². The zero-order valence-electron chi connectivity index (χ0n) is 13.3. The van der Waals surface area contributed by atoms with Gasteiger partial charge in [0.25, 0.3) is 5.91 Å². The van der Waals surface area contributed by atoms with Gasteiger partial charge in [0.2, 0.25) is 0 Å². The summed E-state index contributed by atoms with van der Waals surface area (Å²) in [5.74, 6) is 5.85. The Morgan fingerprint density at radius 3 is 2.62 bits per heavy atom. The number of nitrogens with two attached hydrogens (primary N) is 1. The molecule has 0 heterocycles. The van der Waals surface area contributed by atoms with Gasteiger partial charge in [0, 0.05) is 5.56 Å². The van der Waals surface area contributed by atoms with Crippen LogP contribution in [-0.2, 0) is 6.61 Å². The van der Waals surface area contributed by atoms with Gasteiger partial charge in [-0.1, -0.05) is 42.5 Å². The summed E-state index contributed by atoms with van der Waals surface area (Å²) in [6.07, 6.45) is 0. The third kappa shape index (κ3) is 3.16. The van der Waals surface area contributed by atoms with Crippen molar-refractivity contribution in [3.05, 3.63) is 71.8 Å². The van der Waals surface area contributed by atoms with Crippen LogP contribution in [0.4, 0.5) is 0 Å². The number of nitrogens with one attached hydrogen (secondary N) is 1. The minimum absolute atomic E-state index is 0.366. The van der Waals surface area contributed by atoms with Crippen molar-refractivity contribution < 1.29 is 14.3 Å². The minimum atomic E-state index is -0.382. The molecule has 0 saturated heterocycles. The van der Waals surface area contributed by atoms with Gasteiger partial charge in [-0.25, -0.2) is 5.84 Å². The summed E-state index contributed by atoms with van der Waals surface area (Å²) in [4.78, 5) is 11.7. The molecule has 5 heteroatoms. The number of amides is 1. The predicted octanol–water partition coefficient (Wildman–Crippen LogP) is 3.03. The van der Waals surface area contributed by atoms with Crippen LogP contribution in [0.25, 0.3) is 10.8 Å². The van der Waals surface area contributed by atoms with Crippen molar-refractivity contribution in [2.45, 2.75) is 6.61 Å². The Kier molecular flexibility index (Phi) is 4.63. The Hall–Kier alpha value is -3.05. The summed E-state index contributed by atoms with van der Waals surface area (Å²) >= 11 is 0. The summed E-state index contributed by atoms with van der Waals surface area (Å²) in [5, 5.41) is 2.29. The van der Waals surface area contributed by atoms with E-state index in [0.717, 1.165) is 16.3 Å². The summed E-state index contributed by atoms with van der Waals surface area (Å²) in [7, 11) is 1.56. The molecule has 0 saturated carbocycles. The molecule has 122 valence electrons. The van der Waals surface area contributed by atoms with Gasteiger partial charge in [0.15, 0.2) is 11.5 Å². The number of benzene rings is 3. The van der Waals surface area contributed by atoms with Crippen LogP contribution in [0.1, 0.15) is 15.9 Å². The van der Waals surface area contributed by atoms with Crippen LogP contribution < -0.4 is 20.7 Å². The van der Waals surface area contributed by atoms with Gasteiger partial charge < -0.3 is 9.47 Å². The van der Waals surface area contributed by atoms with Crippen LogP contribution in [-0.4, -0.2) is 13.0 Å². The fourth-order valence-electron chi connectivity index (χ4n) is 2.59. The highest BCUT2D eigenvalue weighted by atomic mass is 16.5. The molecule has 0 atom stereocenters. The van der Waals surface area contributed by atoms with Gasteiger partial charge in [-0.05, 0) is 34.5 Å². The Bertz CT molecular complexity index is 872. The molecular formula is C19H18N2O3. The van der Waals surface area contributed by atoms with Crippen molar-refractivity contribution in [3.63, 3.8) is 0 Å². The first-order chi connectivity index (χ1) is 11.7. The van der Waals surface area contributed by atoms with E-state index >= 15 is 0 Å². The Morgan fingerprint density at radius 2 is 1.83 bits per heavy atom. The third-order valence-corrected chi connectivity index (χ3v) is 3.82. The van der Waals surface area contributed by atoms with E-state index in [2.05, 4.69) is 23.6 Å². The molecule has 0 fully saturated rings. The second-order valence-electron chi connectivity index (χ2n) is 5.27. The fraction of sp³-hybridized carbons (Fsp3) is 0.105. The molecule has 5 nitrogen and oxygen atoms in total. The number of ether oxygens (including phenoxy) is 2. The van der Waals surface area contributed by atoms with E-state index in [1.807, 2.05) is 24.3 Å². The quantitative estimate of drug-likeness (QED) is 0.430. The fourth-order valence-corrected chi connectivity index (χ4v) is 2.59. The number of fused-ring (bicyclic) bond motifs is 1. The van der Waals surface area contributed by atoms with Gasteiger partial charge in [0.05, 0.1) is 7.11 Å². The monoisotopic (exact) mass is 322 g/mol. The van der Waals surface area contributed by atoms with Crippen molar-refractivity contribution >= 4 is 16.7 Å². The highest BCUT2D eigenvalue weighted by molar-refractivity contribution is 5.94. The number of rotatable bonds is 5. The van der Waals surface area contributed by atoms with Crippen LogP contribution in [0.15, 0.2) is 60.7 Å². The van der Waals surface area contributed by atoms with Crippen LogP contribution in [0, 0.1) is 0 Å². The Balaban J connectivity index is 1.89. The maximum atomic E-state index is 11.7. The minimum Gasteiger partial charge on any atom is -0.493 e. The average Bonchev–Trinajstić information content (AvgIpc) is 2.65. The molecule has 0 spiro atoms. The van der Waals surface area contributed by atoms with Crippen molar-refractivity contribution in [3.8, 4) is 11.5 Å². The summed E-state index contributed by atoms with van der Waals surface area (Å²) in [6, 6.07) is 19.1. The molecule has 3 N–H and O–H groups in total. The van der Waals surface area contributed by atoms with Crippen molar-refractivity contribution in [1.82, 2.24) is 5.43 Å². The molecule has 24 heavy (non-hydrogen) atoms. The molecule has 1 amide bonds. The first-order valence-corrected chi connectivity index (χ1v) is 7.51. The normalized spacial score (nSPS) is 10.4. The molecule has 0 radical (unpaired) electrons. The SMILES string of the molecule is COc1ccc(C(=O)NN)cc1OCc1cccc2ccccc12. The molecular weight excluding hydrogens is 304 g/mol. The zero-order valence-corrected chi connectivity index (χ0v) is 13.3. The van der Waals surface area contributed by atoms with E-state index in [9.17, 15) is 4.79 Å². The molecule has 3 aromatic carbocycles. The van der Waals surface area contributed by atoms with E-state index in [1.54, 1.807) is 25.3 Å². The lowest BCUT2D eigenvalue weighted by Gasteiger charge is -2.13. The lowest BCUT2D eigenvalue weighted by molar-refractivity contribution is 0.0953. The van der Waals surface area contributed by atoms with Crippen LogP contribution >= 0.6 is 0 Å². The van der Waals surface area contributed by atoms with Crippen LogP contribution in [0.2, 0.25) is 0 Å². The van der Waals surface area contributed by atoms with Gasteiger partial charge in [-0.3, -0.25) is 10.2 Å². The molecule has 0 aliphatic rings. The van der Waals surface area contributed by atoms with Crippen molar-refractivity contribution in [2.75, 3.05) is 7.11 Å². The Morgan fingerprint density at radius 1 is 1.04 bits per heavy atom. The smallest absolute Gasteiger partial charge is 0.265 e. The standard InChI is InChI=1S/C19H18N2O3/c1-23-17-10-9-14(19(22)21-20)11-18(17)24-12-15-7-4-6-13-5-2-3-8-16(13)15/h2-11H,12,20H2,1H3,(H,21,22). The first-order valence-electron chi connectivity index (χ1n) is 7.51. The first kappa shape index (κ1) is 15.8. The molecule has 0 aromatic heterocycles. The average molecular weight is 322 g/mol. The zero-order chi connectivity index (χ0) is 16.9. The molecule has 0 bridgehead atoms. The maximum absolute atomic E-state index is 11.7. The third-order valence-electron chi connectivity index (χ3n) is 3.82. The highest BCUT2D eigenvalue weighted by Crippen LogP contribution is 2.29. The summed E-state index contributed by atoms with van der Waals surface area (Å²) in [6.45, 7) is 0.366. The number of carbonyl (C=O) groups is 1. The maximum Gasteiger partial charge on any atom is 0.265 e. The molecule has 0 unspecified atom stereocenters. The van der Waals surface area contributed by atoms with Gasteiger partial charge in [-0.2, -0.15) is 0 Å². The number of hydrogen-bond acceptors (Lipinski definition) is 4. The van der Waals surface area contributed by atoms with Gasteiger partial charge in [0.1, 0.15) is 6.61 Å². The van der Waals surface area contributed by atoms with Crippen molar-refractivity contribution in [1.29, 1.82) is 0 Å². The number of methoxy groups -OCH3 is 1. The number of carbonyl (C=O) groups excluding carboxylic acids is 1. The Labute approximate surface area is 140 Å². The molecule has 0 aliphatic heterocycles. The number of nitrogen functional groups attached to an aromatic ring is 1. The second-order valence-corrected chi connectivity index (χ2v) is 5.27. The van der Waals surface area contributed by atoms with Crippen molar-refractivity contribution in [2.24, 2.45) is 5.84 Å². The molecule has 3 aromatic rings. The van der Waals surface area contributed by atoms with E-state index in [-0.39, 0.29) is 5.91 Å². The molecule has 3 rings (SSSR count). The lowest BCUT2D eigenvalue weighted by atomic mass is 10.1. The predicted molar refractivity (Wildman–Crippen MR) is 92.9 cm³/mol. The summed E-state index contributed by atoms with van der Waals surface area (Å²) in [5.41, 5.74) is 3.58. The van der Waals surface area contributed by atoms with E-state index in [0.29, 0.717) is 23.7 Å². The highest BCUT2D eigenvalue weighted by Gasteiger charge is 2.11. The topological polar surface area (TPSA) is 73.6 Å². The van der Waals surface area contributed by atoms with E-state index in [1.165, 1.54) is 0 Å². The largest absolute Gasteiger partial charge is 0.493 e. The van der Waals surface area contributed by atoms with Gasteiger partial charge >= 0.3 is 0 Å². The number of hydrogen-bond donors (Lipinski definition) is 2. The van der Waals surface area contributed by atoms with E-state index < -0.39 is 0 Å². The second kappa shape index (κ2) is 7.02. The number of hydrazine groups is 1. The lowest BCUT2D eigenvalue weighted by Crippen LogP contribution is -2.29. The van der Waals surface area contributed by atoms with E-state index in [4.69, 9.17) is 15.3 Å². The van der Waals surface area contributed by atoms with Crippen LogP contribution in [0.5, 0.6) is 11.5 Å². The molecule has 0 aliphatic carbocycles. The summed E-state index contributed by atoms with van der Waals surface area (Å²) < 4.78 is 11.2. The van der Waals surface area contributed by atoms with Crippen LogP contribution in [0.3, 0.4) is 0 Å².